The Morgan fingerprint density at radius 2 is 1.78 bits per heavy atom. The van der Waals surface area contributed by atoms with E-state index in [9.17, 15) is 9.59 Å². The van der Waals surface area contributed by atoms with Crippen LogP contribution in [0.25, 0.3) is 0 Å². The molecule has 1 aliphatic rings. The minimum absolute atomic E-state index is 0.0119. The quantitative estimate of drug-likeness (QED) is 0.376. The first kappa shape index (κ1) is 25.7. The number of anilines is 2. The molecule has 1 aromatic heterocycles. The summed E-state index contributed by atoms with van der Waals surface area (Å²) in [5, 5.41) is 5.34. The van der Waals surface area contributed by atoms with E-state index in [2.05, 4.69) is 23.7 Å². The predicted octanol–water partition coefficient (Wildman–Crippen LogP) is 5.04. The monoisotopic (exact) mass is 523 g/mol. The van der Waals surface area contributed by atoms with Gasteiger partial charge in [0, 0.05) is 17.1 Å². The van der Waals surface area contributed by atoms with Crippen LogP contribution in [0.1, 0.15) is 23.8 Å². The molecular formula is C27H29N3O4S2. The van der Waals surface area contributed by atoms with Crippen molar-refractivity contribution < 1.29 is 19.1 Å². The van der Waals surface area contributed by atoms with Crippen molar-refractivity contribution in [3.05, 3.63) is 70.4 Å². The van der Waals surface area contributed by atoms with Crippen molar-refractivity contribution in [2.45, 2.75) is 32.7 Å². The summed E-state index contributed by atoms with van der Waals surface area (Å²) in [5.74, 6) is 0.953. The first-order valence-corrected chi connectivity index (χ1v) is 13.0. The predicted molar refractivity (Wildman–Crippen MR) is 147 cm³/mol. The number of carbonyl (C=O) groups excluding carboxylic acids is 2. The highest BCUT2D eigenvalue weighted by Gasteiger charge is 2.44. The van der Waals surface area contributed by atoms with Gasteiger partial charge in [0.2, 0.25) is 5.91 Å². The molecule has 1 aliphatic heterocycles. The van der Waals surface area contributed by atoms with Crippen LogP contribution in [0.15, 0.2) is 60.0 Å². The van der Waals surface area contributed by atoms with Crippen molar-refractivity contribution in [1.29, 1.82) is 0 Å². The summed E-state index contributed by atoms with van der Waals surface area (Å²) in [5.41, 5.74) is 2.51. The molecule has 1 atom stereocenters. The molecule has 1 fully saturated rings. The molecule has 2 heterocycles. The zero-order valence-electron chi connectivity index (χ0n) is 20.5. The molecule has 188 valence electrons. The average molecular weight is 524 g/mol. The van der Waals surface area contributed by atoms with Crippen molar-refractivity contribution in [3.63, 3.8) is 0 Å². The van der Waals surface area contributed by atoms with Crippen molar-refractivity contribution in [3.8, 4) is 11.5 Å². The van der Waals surface area contributed by atoms with Gasteiger partial charge in [0.05, 0.1) is 25.8 Å². The van der Waals surface area contributed by atoms with Gasteiger partial charge in [-0.05, 0) is 98.0 Å². The number of amides is 2. The maximum absolute atomic E-state index is 13.6. The first-order chi connectivity index (χ1) is 17.4. The van der Waals surface area contributed by atoms with E-state index in [1.165, 1.54) is 15.3 Å². The molecule has 2 amide bonds. The lowest BCUT2D eigenvalue weighted by Gasteiger charge is -2.24. The van der Waals surface area contributed by atoms with E-state index < -0.39 is 6.04 Å². The van der Waals surface area contributed by atoms with Crippen LogP contribution in [0.2, 0.25) is 0 Å². The molecule has 1 N–H and O–H groups in total. The van der Waals surface area contributed by atoms with Crippen molar-refractivity contribution in [2.24, 2.45) is 0 Å². The molecule has 1 saturated heterocycles. The van der Waals surface area contributed by atoms with Gasteiger partial charge in [-0.2, -0.15) is 0 Å². The van der Waals surface area contributed by atoms with Crippen molar-refractivity contribution >= 4 is 51.9 Å². The number of carbonyl (C=O) groups is 2. The third-order valence-electron chi connectivity index (χ3n) is 6.03. The van der Waals surface area contributed by atoms with Gasteiger partial charge in [0.1, 0.15) is 17.5 Å². The van der Waals surface area contributed by atoms with Gasteiger partial charge in [-0.3, -0.25) is 14.5 Å². The molecule has 4 rings (SSSR count). The Labute approximate surface area is 220 Å². The molecule has 0 spiro atoms. The number of hydrogen-bond acceptors (Lipinski definition) is 6. The van der Waals surface area contributed by atoms with Gasteiger partial charge in [-0.25, -0.2) is 0 Å². The maximum atomic E-state index is 13.6. The largest absolute Gasteiger partial charge is 0.497 e. The average Bonchev–Trinajstić information content (AvgIpc) is 3.38. The Morgan fingerprint density at radius 1 is 1.08 bits per heavy atom. The summed E-state index contributed by atoms with van der Waals surface area (Å²) in [6, 6.07) is 15.7. The van der Waals surface area contributed by atoms with Crippen LogP contribution in [-0.2, 0) is 16.0 Å². The first-order valence-electron chi connectivity index (χ1n) is 11.8. The van der Waals surface area contributed by atoms with E-state index in [0.717, 1.165) is 12.2 Å². The number of thiophene rings is 1. The number of rotatable bonds is 10. The molecule has 0 saturated carbocycles. The van der Waals surface area contributed by atoms with Gasteiger partial charge in [-0.15, -0.1) is 11.3 Å². The van der Waals surface area contributed by atoms with Crippen LogP contribution < -0.4 is 19.7 Å². The zero-order chi connectivity index (χ0) is 25.7. The molecule has 2 aromatic carbocycles. The molecule has 3 aromatic rings. The van der Waals surface area contributed by atoms with E-state index in [-0.39, 0.29) is 18.2 Å². The van der Waals surface area contributed by atoms with Gasteiger partial charge < -0.3 is 19.7 Å². The van der Waals surface area contributed by atoms with Crippen LogP contribution in [0.3, 0.4) is 0 Å². The number of nitrogens with zero attached hydrogens (tertiary/aromatic N) is 2. The highest BCUT2D eigenvalue weighted by atomic mass is 32.1. The molecular weight excluding hydrogens is 494 g/mol. The Bertz CT molecular complexity index is 1220. The van der Waals surface area contributed by atoms with Gasteiger partial charge in [0.15, 0.2) is 5.11 Å². The maximum Gasteiger partial charge on any atom is 0.256 e. The molecule has 9 heteroatoms. The zero-order valence-corrected chi connectivity index (χ0v) is 22.2. The number of ether oxygens (including phenoxy) is 2. The Hall–Kier alpha value is -3.43. The SMILES string of the molecule is CCOc1ccc(N2C(=O)[C@H](CC(=O)Nc3ccc(OC)cc3)N(CCc3sccc3C)C2=S)cc1. The second kappa shape index (κ2) is 11.5. The van der Waals surface area contributed by atoms with Crippen LogP contribution in [-0.4, -0.2) is 48.1 Å². The lowest BCUT2D eigenvalue weighted by atomic mass is 10.1. The Kier molecular flexibility index (Phi) is 8.22. The second-order valence-corrected chi connectivity index (χ2v) is 9.72. The lowest BCUT2D eigenvalue weighted by molar-refractivity contribution is -0.124. The van der Waals surface area contributed by atoms with Crippen LogP contribution >= 0.6 is 23.6 Å². The number of thiocarbonyl (C=S) groups is 1. The summed E-state index contributed by atoms with van der Waals surface area (Å²) in [6.07, 6.45) is 0.729. The molecule has 36 heavy (non-hydrogen) atoms. The third kappa shape index (κ3) is 5.68. The van der Waals surface area contributed by atoms with Crippen LogP contribution in [0, 0.1) is 6.92 Å². The Balaban J connectivity index is 1.54. The van der Waals surface area contributed by atoms with Gasteiger partial charge in [0.25, 0.3) is 5.91 Å². The number of aryl methyl sites for hydroxylation is 1. The second-order valence-electron chi connectivity index (χ2n) is 8.35. The fraction of sp³-hybridized carbons (Fsp3) is 0.296. The van der Waals surface area contributed by atoms with E-state index >= 15 is 0 Å². The fourth-order valence-electron chi connectivity index (χ4n) is 4.13. The van der Waals surface area contributed by atoms with E-state index in [1.54, 1.807) is 42.7 Å². The van der Waals surface area contributed by atoms with Gasteiger partial charge >= 0.3 is 0 Å². The normalized spacial score (nSPS) is 15.4. The summed E-state index contributed by atoms with van der Waals surface area (Å²) >= 11 is 7.46. The van der Waals surface area contributed by atoms with Crippen molar-refractivity contribution in [1.82, 2.24) is 4.90 Å². The topological polar surface area (TPSA) is 71.1 Å². The number of methoxy groups -OCH3 is 1. The smallest absolute Gasteiger partial charge is 0.256 e. The third-order valence-corrected chi connectivity index (χ3v) is 7.52. The highest BCUT2D eigenvalue weighted by molar-refractivity contribution is 7.80. The fourth-order valence-corrected chi connectivity index (χ4v) is 5.44. The molecule has 0 radical (unpaired) electrons. The standard InChI is InChI=1S/C27H29N3O4S2/c1-4-34-22-11-7-20(8-12-22)30-26(32)23(17-25(31)28-19-5-9-21(33-3)10-6-19)29(27(30)35)15-13-24-18(2)14-16-36-24/h5-12,14,16,23H,4,13,15,17H2,1-3H3,(H,28,31)/t23-/m0/s1. The number of nitrogens with one attached hydrogen (secondary N) is 1. The van der Waals surface area contributed by atoms with E-state index in [4.69, 9.17) is 21.7 Å². The minimum atomic E-state index is -0.692. The molecule has 0 unspecified atom stereocenters. The van der Waals surface area contributed by atoms with Crippen LogP contribution in [0.4, 0.5) is 11.4 Å². The molecule has 0 aliphatic carbocycles. The molecule has 0 bridgehead atoms. The number of hydrogen-bond donors (Lipinski definition) is 1. The number of benzene rings is 2. The van der Waals surface area contributed by atoms with Crippen molar-refractivity contribution in [2.75, 3.05) is 30.5 Å². The summed E-state index contributed by atoms with van der Waals surface area (Å²) in [7, 11) is 1.59. The lowest BCUT2D eigenvalue weighted by Crippen LogP contribution is -2.39. The van der Waals surface area contributed by atoms with Gasteiger partial charge in [-0.1, -0.05) is 0 Å². The van der Waals surface area contributed by atoms with E-state index in [0.29, 0.717) is 35.4 Å². The van der Waals surface area contributed by atoms with Crippen LogP contribution in [0.5, 0.6) is 11.5 Å². The Morgan fingerprint density at radius 3 is 2.39 bits per heavy atom. The summed E-state index contributed by atoms with van der Waals surface area (Å²) < 4.78 is 10.7. The summed E-state index contributed by atoms with van der Waals surface area (Å²) in [6.45, 7) is 5.09. The highest BCUT2D eigenvalue weighted by Crippen LogP contribution is 2.30. The minimum Gasteiger partial charge on any atom is -0.497 e. The summed E-state index contributed by atoms with van der Waals surface area (Å²) in [4.78, 5) is 31.2. The molecule has 7 nitrogen and oxygen atoms in total. The van der Waals surface area contributed by atoms with E-state index in [1.807, 2.05) is 36.1 Å².